The van der Waals surface area contributed by atoms with Crippen molar-refractivity contribution in [1.82, 2.24) is 15.1 Å². The van der Waals surface area contributed by atoms with Gasteiger partial charge in [-0.25, -0.2) is 0 Å². The molecule has 2 aliphatic rings. The first-order valence-electron chi connectivity index (χ1n) is 8.40. The van der Waals surface area contributed by atoms with Crippen LogP contribution in [0.1, 0.15) is 40.0 Å². The summed E-state index contributed by atoms with van der Waals surface area (Å²) < 4.78 is 6.19. The van der Waals surface area contributed by atoms with Gasteiger partial charge in [-0.15, -0.1) is 0 Å². The van der Waals surface area contributed by atoms with Gasteiger partial charge in [0, 0.05) is 44.8 Å². The fourth-order valence-electron chi connectivity index (χ4n) is 3.34. The number of piperazine rings is 1. The van der Waals surface area contributed by atoms with Crippen LogP contribution in [0.4, 0.5) is 0 Å². The van der Waals surface area contributed by atoms with E-state index in [1.165, 1.54) is 38.9 Å². The molecule has 2 heterocycles. The Hall–Kier alpha value is -0.160. The molecule has 0 amide bonds. The van der Waals surface area contributed by atoms with Crippen LogP contribution >= 0.6 is 0 Å². The van der Waals surface area contributed by atoms with E-state index in [-0.39, 0.29) is 0 Å². The predicted octanol–water partition coefficient (Wildman–Crippen LogP) is 1.56. The molecule has 3 unspecified atom stereocenters. The summed E-state index contributed by atoms with van der Waals surface area (Å²) >= 11 is 0. The monoisotopic (exact) mass is 283 g/mol. The third-order valence-electron chi connectivity index (χ3n) is 4.74. The van der Waals surface area contributed by atoms with Crippen LogP contribution in [-0.2, 0) is 4.74 Å². The first kappa shape index (κ1) is 16.2. The quantitative estimate of drug-likeness (QED) is 0.800. The average Bonchev–Trinajstić information content (AvgIpc) is 2.86. The maximum absolute atomic E-state index is 6.19. The molecule has 2 saturated heterocycles. The normalized spacial score (nSPS) is 33.1. The Labute approximate surface area is 124 Å². The molecule has 0 spiro atoms. The highest BCUT2D eigenvalue weighted by molar-refractivity contribution is 4.83. The summed E-state index contributed by atoms with van der Waals surface area (Å²) in [6.07, 6.45) is 4.58. The van der Waals surface area contributed by atoms with Crippen molar-refractivity contribution in [2.24, 2.45) is 0 Å². The molecule has 2 fully saturated rings. The second kappa shape index (κ2) is 7.74. The van der Waals surface area contributed by atoms with E-state index in [4.69, 9.17) is 4.74 Å². The molecule has 0 aliphatic carbocycles. The van der Waals surface area contributed by atoms with Gasteiger partial charge in [0.2, 0.25) is 0 Å². The van der Waals surface area contributed by atoms with Crippen molar-refractivity contribution >= 4 is 0 Å². The molecule has 2 rings (SSSR count). The molecule has 4 nitrogen and oxygen atoms in total. The average molecular weight is 283 g/mol. The highest BCUT2D eigenvalue weighted by Gasteiger charge is 2.29. The maximum Gasteiger partial charge on any atom is 0.0707 e. The third kappa shape index (κ3) is 4.69. The second-order valence-electron chi connectivity index (χ2n) is 6.82. The number of ether oxygens (including phenoxy) is 1. The lowest BCUT2D eigenvalue weighted by atomic mass is 10.1. The number of hydrogen-bond donors (Lipinski definition) is 1. The van der Waals surface area contributed by atoms with Gasteiger partial charge >= 0.3 is 0 Å². The van der Waals surface area contributed by atoms with E-state index in [0.717, 1.165) is 19.1 Å². The predicted molar refractivity (Wildman–Crippen MR) is 84.2 cm³/mol. The van der Waals surface area contributed by atoms with E-state index in [2.05, 4.69) is 42.9 Å². The van der Waals surface area contributed by atoms with Crippen LogP contribution in [0.15, 0.2) is 0 Å². The SMILES string of the molecule is CCC1CN(CC2CCC(CNC(C)C)O2)CCN1C. The lowest BCUT2D eigenvalue weighted by Crippen LogP contribution is -2.52. The molecular formula is C16H33N3O. The molecule has 0 radical (unpaired) electrons. The molecule has 4 heteroatoms. The Balaban J connectivity index is 1.69. The fraction of sp³-hybridized carbons (Fsp3) is 1.00. The first-order chi connectivity index (χ1) is 9.58. The van der Waals surface area contributed by atoms with Crippen LogP contribution in [-0.4, -0.2) is 73.9 Å². The lowest BCUT2D eigenvalue weighted by Gasteiger charge is -2.40. The topological polar surface area (TPSA) is 27.7 Å². The molecule has 2 aliphatic heterocycles. The zero-order chi connectivity index (χ0) is 14.5. The van der Waals surface area contributed by atoms with E-state index in [1.54, 1.807) is 0 Å². The second-order valence-corrected chi connectivity index (χ2v) is 6.82. The molecule has 0 aromatic heterocycles. The fourth-order valence-corrected chi connectivity index (χ4v) is 3.34. The van der Waals surface area contributed by atoms with E-state index in [9.17, 15) is 0 Å². The van der Waals surface area contributed by atoms with E-state index in [1.807, 2.05) is 0 Å². The summed E-state index contributed by atoms with van der Waals surface area (Å²) in [7, 11) is 2.26. The number of rotatable bonds is 6. The van der Waals surface area contributed by atoms with Crippen LogP contribution < -0.4 is 5.32 Å². The van der Waals surface area contributed by atoms with Crippen LogP contribution in [0, 0.1) is 0 Å². The van der Waals surface area contributed by atoms with E-state index in [0.29, 0.717) is 18.2 Å². The Morgan fingerprint density at radius 1 is 1.20 bits per heavy atom. The van der Waals surface area contributed by atoms with Gasteiger partial charge < -0.3 is 15.0 Å². The van der Waals surface area contributed by atoms with Crippen molar-refractivity contribution in [3.05, 3.63) is 0 Å². The van der Waals surface area contributed by atoms with Gasteiger partial charge in [0.1, 0.15) is 0 Å². The highest BCUT2D eigenvalue weighted by atomic mass is 16.5. The summed E-state index contributed by atoms with van der Waals surface area (Å²) in [5.41, 5.74) is 0. The minimum Gasteiger partial charge on any atom is -0.372 e. The van der Waals surface area contributed by atoms with Crippen molar-refractivity contribution < 1.29 is 4.74 Å². The van der Waals surface area contributed by atoms with Gasteiger partial charge in [0.25, 0.3) is 0 Å². The zero-order valence-corrected chi connectivity index (χ0v) is 13.8. The Morgan fingerprint density at radius 3 is 2.65 bits per heavy atom. The Bertz CT molecular complexity index is 285. The highest BCUT2D eigenvalue weighted by Crippen LogP contribution is 2.21. The molecule has 0 aromatic carbocycles. The minimum atomic E-state index is 0.428. The van der Waals surface area contributed by atoms with E-state index >= 15 is 0 Å². The standard InChI is InChI=1S/C16H33N3O/c1-5-14-11-19(9-8-18(14)4)12-16-7-6-15(20-16)10-17-13(2)3/h13-17H,5-12H2,1-4H3. The summed E-state index contributed by atoms with van der Waals surface area (Å²) in [4.78, 5) is 5.11. The van der Waals surface area contributed by atoms with Gasteiger partial charge in [0.05, 0.1) is 12.2 Å². The zero-order valence-electron chi connectivity index (χ0n) is 13.8. The lowest BCUT2D eigenvalue weighted by molar-refractivity contribution is 0.00433. The maximum atomic E-state index is 6.19. The first-order valence-corrected chi connectivity index (χ1v) is 8.40. The van der Waals surface area contributed by atoms with Crippen molar-refractivity contribution in [1.29, 1.82) is 0 Å². The molecule has 0 saturated carbocycles. The van der Waals surface area contributed by atoms with Gasteiger partial charge in [-0.2, -0.15) is 0 Å². The molecule has 0 aromatic rings. The molecular weight excluding hydrogens is 250 g/mol. The summed E-state index contributed by atoms with van der Waals surface area (Å²) in [6.45, 7) is 12.4. The van der Waals surface area contributed by atoms with Gasteiger partial charge in [-0.3, -0.25) is 4.90 Å². The number of hydrogen-bond acceptors (Lipinski definition) is 4. The van der Waals surface area contributed by atoms with Crippen molar-refractivity contribution in [3.63, 3.8) is 0 Å². The van der Waals surface area contributed by atoms with Gasteiger partial charge in [-0.1, -0.05) is 20.8 Å². The summed E-state index contributed by atoms with van der Waals surface area (Å²) in [5, 5.41) is 3.49. The molecule has 3 atom stereocenters. The number of nitrogens with one attached hydrogen (secondary N) is 1. The third-order valence-corrected chi connectivity index (χ3v) is 4.74. The minimum absolute atomic E-state index is 0.428. The van der Waals surface area contributed by atoms with Crippen LogP contribution in [0.5, 0.6) is 0 Å². The largest absolute Gasteiger partial charge is 0.372 e. The van der Waals surface area contributed by atoms with Crippen molar-refractivity contribution in [2.75, 3.05) is 39.8 Å². The van der Waals surface area contributed by atoms with Crippen LogP contribution in [0.3, 0.4) is 0 Å². The number of likely N-dealkylation sites (N-methyl/N-ethyl adjacent to an activating group) is 1. The van der Waals surface area contributed by atoms with Crippen molar-refractivity contribution in [3.8, 4) is 0 Å². The summed E-state index contributed by atoms with van der Waals surface area (Å²) in [5.74, 6) is 0. The Morgan fingerprint density at radius 2 is 1.95 bits per heavy atom. The molecule has 118 valence electrons. The summed E-state index contributed by atoms with van der Waals surface area (Å²) in [6, 6.07) is 1.28. The smallest absolute Gasteiger partial charge is 0.0707 e. The molecule has 20 heavy (non-hydrogen) atoms. The van der Waals surface area contributed by atoms with Crippen molar-refractivity contribution in [2.45, 2.75) is 64.3 Å². The number of nitrogens with zero attached hydrogens (tertiary/aromatic N) is 2. The van der Waals surface area contributed by atoms with Gasteiger partial charge in [0.15, 0.2) is 0 Å². The Kier molecular flexibility index (Phi) is 6.27. The van der Waals surface area contributed by atoms with E-state index < -0.39 is 0 Å². The van der Waals surface area contributed by atoms with Gasteiger partial charge in [-0.05, 0) is 26.3 Å². The van der Waals surface area contributed by atoms with Crippen LogP contribution in [0.25, 0.3) is 0 Å². The molecule has 0 bridgehead atoms. The molecule has 1 N–H and O–H groups in total. The van der Waals surface area contributed by atoms with Crippen LogP contribution in [0.2, 0.25) is 0 Å².